The minimum absolute atomic E-state index is 0.0961. The van der Waals surface area contributed by atoms with Crippen molar-refractivity contribution >= 4 is 0 Å². The van der Waals surface area contributed by atoms with Crippen LogP contribution in [0.25, 0.3) is 0 Å². The fourth-order valence-electron chi connectivity index (χ4n) is 3.12. The van der Waals surface area contributed by atoms with Crippen molar-refractivity contribution in [3.63, 3.8) is 0 Å². The Morgan fingerprint density at radius 3 is 2.76 bits per heavy atom. The molecule has 7 nitrogen and oxygen atoms in total. The van der Waals surface area contributed by atoms with Gasteiger partial charge in [0, 0.05) is 45.8 Å². The maximum absolute atomic E-state index is 5.71. The number of hydrogen-bond acceptors (Lipinski definition) is 7. The highest BCUT2D eigenvalue weighted by atomic mass is 16.5. The Morgan fingerprint density at radius 2 is 2.05 bits per heavy atom. The van der Waals surface area contributed by atoms with E-state index in [4.69, 9.17) is 18.7 Å². The third-order valence-electron chi connectivity index (χ3n) is 4.58. The lowest BCUT2D eigenvalue weighted by atomic mass is 9.92. The molecule has 2 saturated heterocycles. The number of nitrogens with zero attached hydrogens (tertiary/aromatic N) is 2. The fraction of sp³-hybridized carbons (Fsp3) is 0.857. The first-order valence-corrected chi connectivity index (χ1v) is 7.51. The van der Waals surface area contributed by atoms with Gasteiger partial charge in [-0.15, -0.1) is 0 Å². The molecule has 0 amide bonds. The molecule has 0 bridgehead atoms. The van der Waals surface area contributed by atoms with Gasteiger partial charge in [-0.25, -0.2) is 0 Å². The van der Waals surface area contributed by atoms with E-state index in [9.17, 15) is 0 Å². The van der Waals surface area contributed by atoms with Crippen molar-refractivity contribution in [2.45, 2.75) is 36.8 Å². The Bertz CT molecular complexity index is 459. The molecular weight excluding hydrogens is 274 g/mol. The molecule has 2 atom stereocenters. The molecule has 0 aliphatic carbocycles. The summed E-state index contributed by atoms with van der Waals surface area (Å²) in [5, 5.41) is 7.48. The quantitative estimate of drug-likeness (QED) is 0.881. The second-order valence-corrected chi connectivity index (χ2v) is 5.63. The summed E-state index contributed by atoms with van der Waals surface area (Å²) >= 11 is 0. The molecule has 0 radical (unpaired) electrons. The predicted molar refractivity (Wildman–Crippen MR) is 74.1 cm³/mol. The van der Waals surface area contributed by atoms with Crippen molar-refractivity contribution in [1.29, 1.82) is 0 Å². The molecule has 1 aromatic heterocycles. The Kier molecular flexibility index (Phi) is 4.54. The summed E-state index contributed by atoms with van der Waals surface area (Å²) in [4.78, 5) is 4.62. The highest BCUT2D eigenvalue weighted by Gasteiger charge is 2.40. The van der Waals surface area contributed by atoms with Crippen LogP contribution < -0.4 is 5.32 Å². The topological polar surface area (TPSA) is 78.6 Å². The van der Waals surface area contributed by atoms with Crippen molar-refractivity contribution in [3.05, 3.63) is 11.7 Å². The number of methoxy groups -OCH3 is 1. The van der Waals surface area contributed by atoms with Gasteiger partial charge < -0.3 is 24.1 Å². The van der Waals surface area contributed by atoms with Crippen LogP contribution in [0.5, 0.6) is 0 Å². The van der Waals surface area contributed by atoms with E-state index in [2.05, 4.69) is 15.5 Å². The molecule has 118 valence electrons. The van der Waals surface area contributed by atoms with Crippen molar-refractivity contribution in [2.24, 2.45) is 0 Å². The summed E-state index contributed by atoms with van der Waals surface area (Å²) in [6.07, 6.45) is 2.44. The Labute approximate surface area is 124 Å². The van der Waals surface area contributed by atoms with Gasteiger partial charge in [0.1, 0.15) is 5.60 Å². The molecule has 3 heterocycles. The van der Waals surface area contributed by atoms with E-state index in [1.807, 2.05) is 7.05 Å². The van der Waals surface area contributed by atoms with E-state index >= 15 is 0 Å². The van der Waals surface area contributed by atoms with Crippen LogP contribution in [-0.4, -0.2) is 56.8 Å². The molecule has 21 heavy (non-hydrogen) atoms. The monoisotopic (exact) mass is 297 g/mol. The second-order valence-electron chi connectivity index (χ2n) is 5.63. The van der Waals surface area contributed by atoms with Crippen molar-refractivity contribution < 1.29 is 18.7 Å². The average molecular weight is 297 g/mol. The SMILES string of the molecule is CNC1CCOCC1c1nc(C2(OC)CCOCC2)no1. The molecule has 1 aromatic rings. The van der Waals surface area contributed by atoms with Gasteiger partial charge in [0.2, 0.25) is 11.7 Å². The normalized spacial score (nSPS) is 29.4. The van der Waals surface area contributed by atoms with Crippen LogP contribution in [-0.2, 0) is 19.8 Å². The molecule has 2 fully saturated rings. The van der Waals surface area contributed by atoms with Crippen LogP contribution in [0.2, 0.25) is 0 Å². The smallest absolute Gasteiger partial charge is 0.233 e. The van der Waals surface area contributed by atoms with E-state index in [1.165, 1.54) is 0 Å². The molecule has 2 aliphatic heterocycles. The largest absolute Gasteiger partial charge is 0.381 e. The van der Waals surface area contributed by atoms with E-state index in [1.54, 1.807) is 7.11 Å². The van der Waals surface area contributed by atoms with Gasteiger partial charge in [0.25, 0.3) is 0 Å². The van der Waals surface area contributed by atoms with E-state index in [0.29, 0.717) is 37.6 Å². The maximum Gasteiger partial charge on any atom is 0.233 e. The standard InChI is InChI=1S/C14H23N3O4/c1-15-11-3-6-20-9-10(11)12-16-13(17-21-12)14(18-2)4-7-19-8-5-14/h10-11,15H,3-9H2,1-2H3. The van der Waals surface area contributed by atoms with Crippen LogP contribution in [0, 0.1) is 0 Å². The van der Waals surface area contributed by atoms with Crippen LogP contribution in [0.4, 0.5) is 0 Å². The third-order valence-corrected chi connectivity index (χ3v) is 4.58. The van der Waals surface area contributed by atoms with E-state index in [-0.39, 0.29) is 5.92 Å². The second kappa shape index (κ2) is 6.39. The number of aromatic nitrogens is 2. The lowest BCUT2D eigenvalue weighted by Crippen LogP contribution is -2.40. The summed E-state index contributed by atoms with van der Waals surface area (Å²) in [5.41, 5.74) is -0.481. The number of likely N-dealkylation sites (N-methyl/N-ethyl adjacent to an activating group) is 1. The highest BCUT2D eigenvalue weighted by Crippen LogP contribution is 2.35. The first-order valence-electron chi connectivity index (χ1n) is 7.51. The van der Waals surface area contributed by atoms with Gasteiger partial charge >= 0.3 is 0 Å². The third kappa shape index (κ3) is 2.83. The maximum atomic E-state index is 5.71. The zero-order valence-corrected chi connectivity index (χ0v) is 12.6. The van der Waals surface area contributed by atoms with Gasteiger partial charge in [0.15, 0.2) is 0 Å². The fourth-order valence-corrected chi connectivity index (χ4v) is 3.12. The number of rotatable bonds is 4. The van der Waals surface area contributed by atoms with Crippen molar-refractivity contribution in [1.82, 2.24) is 15.5 Å². The van der Waals surface area contributed by atoms with Crippen LogP contribution in [0.3, 0.4) is 0 Å². The molecule has 3 rings (SSSR count). The molecular formula is C14H23N3O4. The van der Waals surface area contributed by atoms with Gasteiger partial charge in [0.05, 0.1) is 12.5 Å². The Hall–Kier alpha value is -1.02. The van der Waals surface area contributed by atoms with Crippen molar-refractivity contribution in [2.75, 3.05) is 40.6 Å². The zero-order chi connectivity index (χ0) is 14.7. The highest BCUT2D eigenvalue weighted by molar-refractivity contribution is 5.07. The molecule has 0 aromatic carbocycles. The number of ether oxygens (including phenoxy) is 3. The summed E-state index contributed by atoms with van der Waals surface area (Å²) in [6.45, 7) is 2.69. The summed E-state index contributed by atoms with van der Waals surface area (Å²) < 4.78 is 22.2. The predicted octanol–water partition coefficient (Wildman–Crippen LogP) is 0.814. The van der Waals surface area contributed by atoms with Crippen LogP contribution in [0.15, 0.2) is 4.52 Å². The average Bonchev–Trinajstić information content (AvgIpc) is 3.06. The molecule has 2 aliphatic rings. The van der Waals surface area contributed by atoms with E-state index in [0.717, 1.165) is 25.9 Å². The lowest BCUT2D eigenvalue weighted by Gasteiger charge is -2.32. The van der Waals surface area contributed by atoms with Crippen LogP contribution >= 0.6 is 0 Å². The van der Waals surface area contributed by atoms with Gasteiger partial charge in [-0.3, -0.25) is 0 Å². The first-order chi connectivity index (χ1) is 10.3. The zero-order valence-electron chi connectivity index (χ0n) is 12.6. The van der Waals surface area contributed by atoms with Crippen molar-refractivity contribution in [3.8, 4) is 0 Å². The van der Waals surface area contributed by atoms with Crippen LogP contribution in [0.1, 0.15) is 36.9 Å². The summed E-state index contributed by atoms with van der Waals surface area (Å²) in [7, 11) is 3.65. The lowest BCUT2D eigenvalue weighted by molar-refractivity contribution is -0.101. The number of hydrogen-bond donors (Lipinski definition) is 1. The molecule has 0 saturated carbocycles. The summed E-state index contributed by atoms with van der Waals surface area (Å²) in [5.74, 6) is 1.36. The van der Waals surface area contributed by atoms with E-state index < -0.39 is 5.60 Å². The molecule has 1 N–H and O–H groups in total. The van der Waals surface area contributed by atoms with Gasteiger partial charge in [-0.2, -0.15) is 4.98 Å². The minimum atomic E-state index is -0.481. The molecule has 0 spiro atoms. The molecule has 7 heteroatoms. The van der Waals surface area contributed by atoms with Gasteiger partial charge in [-0.05, 0) is 13.5 Å². The Morgan fingerprint density at radius 1 is 1.24 bits per heavy atom. The summed E-state index contributed by atoms with van der Waals surface area (Å²) in [6, 6.07) is 0.306. The van der Waals surface area contributed by atoms with Gasteiger partial charge in [-0.1, -0.05) is 5.16 Å². The molecule has 2 unspecified atom stereocenters. The number of nitrogens with one attached hydrogen (secondary N) is 1. The minimum Gasteiger partial charge on any atom is -0.381 e. The Balaban J connectivity index is 1.81. The first kappa shape index (κ1) is 14.9.